The van der Waals surface area contributed by atoms with Gasteiger partial charge in [-0.25, -0.2) is 4.79 Å². The van der Waals surface area contributed by atoms with E-state index in [0.717, 1.165) is 12.0 Å². The fraction of sp³-hybridized carbons (Fsp3) is 0.467. The predicted octanol–water partition coefficient (Wildman–Crippen LogP) is 1.22. The molecule has 0 aliphatic heterocycles. The van der Waals surface area contributed by atoms with Crippen molar-refractivity contribution >= 4 is 23.7 Å². The summed E-state index contributed by atoms with van der Waals surface area (Å²) in [5, 5.41) is 27.5. The number of aliphatic carboxylic acids is 1. The molecule has 0 heterocycles. The van der Waals surface area contributed by atoms with E-state index in [4.69, 9.17) is 11.5 Å². The van der Waals surface area contributed by atoms with Crippen molar-refractivity contribution in [3.8, 4) is 5.75 Å². The highest BCUT2D eigenvalue weighted by molar-refractivity contribution is 5.94. The van der Waals surface area contributed by atoms with Gasteiger partial charge in [-0.3, -0.25) is 14.4 Å². The Morgan fingerprint density at radius 3 is 1.98 bits per heavy atom. The lowest BCUT2D eigenvalue weighted by atomic mass is 9.96. The minimum atomic E-state index is -1.24. The van der Waals surface area contributed by atoms with Crippen LogP contribution in [0.4, 0.5) is 0 Å². The minimum Gasteiger partial charge on any atom is -0.508 e. The Morgan fingerprint density at radius 2 is 1.39 bits per heavy atom. The smallest absolute Gasteiger partial charge is 0.326 e. The lowest BCUT2D eigenvalue weighted by Gasteiger charge is -2.28. The Kier molecular flexibility index (Phi) is 13.8. The van der Waals surface area contributed by atoms with Gasteiger partial charge in [0.05, 0.1) is 6.04 Å². The number of benzene rings is 2. The maximum Gasteiger partial charge on any atom is 0.326 e. The van der Waals surface area contributed by atoms with Crippen molar-refractivity contribution < 1.29 is 29.4 Å². The predicted molar refractivity (Wildman–Crippen MR) is 156 cm³/mol. The zero-order valence-electron chi connectivity index (χ0n) is 23.7. The molecule has 0 fully saturated rings. The Morgan fingerprint density at radius 1 is 0.805 bits per heavy atom. The van der Waals surface area contributed by atoms with Crippen LogP contribution in [0.2, 0.25) is 0 Å². The molecule has 0 saturated heterocycles. The van der Waals surface area contributed by atoms with Crippen molar-refractivity contribution in [3.05, 3.63) is 65.7 Å². The summed E-state index contributed by atoms with van der Waals surface area (Å²) in [6.07, 6.45) is 2.46. The van der Waals surface area contributed by atoms with E-state index in [1.165, 1.54) is 12.1 Å². The van der Waals surface area contributed by atoms with Crippen molar-refractivity contribution in [2.75, 3.05) is 6.54 Å². The third-order valence-electron chi connectivity index (χ3n) is 7.01. The Labute approximate surface area is 241 Å². The van der Waals surface area contributed by atoms with E-state index in [1.807, 2.05) is 6.92 Å². The van der Waals surface area contributed by atoms with E-state index in [2.05, 4.69) is 16.0 Å². The van der Waals surface area contributed by atoms with Gasteiger partial charge in [-0.15, -0.1) is 0 Å². The highest BCUT2D eigenvalue weighted by atomic mass is 16.4. The third-order valence-corrected chi connectivity index (χ3v) is 7.01. The quantitative estimate of drug-likeness (QED) is 0.138. The van der Waals surface area contributed by atoms with Gasteiger partial charge in [0, 0.05) is 12.8 Å². The first kappa shape index (κ1) is 33.2. The van der Waals surface area contributed by atoms with E-state index >= 15 is 0 Å². The number of rotatable bonds is 17. The second-order valence-electron chi connectivity index (χ2n) is 10.3. The summed E-state index contributed by atoms with van der Waals surface area (Å²) in [6.45, 7) is 4.17. The van der Waals surface area contributed by atoms with Crippen molar-refractivity contribution in [2.24, 2.45) is 17.4 Å². The molecule has 2 rings (SSSR count). The second kappa shape index (κ2) is 17.0. The molecule has 11 nitrogen and oxygen atoms in total. The molecule has 9 N–H and O–H groups in total. The zero-order valence-corrected chi connectivity index (χ0v) is 23.7. The number of hydrogen-bond donors (Lipinski definition) is 7. The van der Waals surface area contributed by atoms with Gasteiger partial charge in [-0.1, -0.05) is 69.2 Å². The summed E-state index contributed by atoms with van der Waals surface area (Å²) >= 11 is 0. The average Bonchev–Trinajstić information content (AvgIpc) is 2.96. The summed E-state index contributed by atoms with van der Waals surface area (Å²) in [5.41, 5.74) is 12.9. The number of nitrogens with two attached hydrogens (primary N) is 2. The van der Waals surface area contributed by atoms with Crippen LogP contribution in [-0.4, -0.2) is 64.6 Å². The van der Waals surface area contributed by atoms with Gasteiger partial charge in [0.15, 0.2) is 0 Å². The summed E-state index contributed by atoms with van der Waals surface area (Å²) < 4.78 is 0. The van der Waals surface area contributed by atoms with Crippen molar-refractivity contribution in [3.63, 3.8) is 0 Å². The van der Waals surface area contributed by atoms with Gasteiger partial charge in [0.2, 0.25) is 17.7 Å². The van der Waals surface area contributed by atoms with Crippen molar-refractivity contribution in [2.45, 2.75) is 76.5 Å². The fourth-order valence-corrected chi connectivity index (χ4v) is 4.26. The van der Waals surface area contributed by atoms with Crippen LogP contribution < -0.4 is 27.4 Å². The summed E-state index contributed by atoms with van der Waals surface area (Å²) in [6, 6.07) is 10.8. The van der Waals surface area contributed by atoms with E-state index in [9.17, 15) is 29.4 Å². The summed E-state index contributed by atoms with van der Waals surface area (Å²) in [4.78, 5) is 51.7. The topological polar surface area (TPSA) is 197 Å². The zero-order chi connectivity index (χ0) is 30.4. The van der Waals surface area contributed by atoms with Crippen molar-refractivity contribution in [1.29, 1.82) is 0 Å². The van der Waals surface area contributed by atoms with Crippen LogP contribution in [0.3, 0.4) is 0 Å². The van der Waals surface area contributed by atoms with Crippen LogP contribution in [0.25, 0.3) is 0 Å². The number of unbranched alkanes of at least 4 members (excludes halogenated alkanes) is 1. The normalized spacial score (nSPS) is 14.6. The number of amides is 3. The van der Waals surface area contributed by atoms with Gasteiger partial charge in [-0.05, 0) is 48.6 Å². The van der Waals surface area contributed by atoms with Crippen LogP contribution in [0.15, 0.2) is 54.6 Å². The first-order valence-electron chi connectivity index (χ1n) is 14.0. The number of phenolic OH excluding ortho intramolecular Hbond substituents is 1. The van der Waals surface area contributed by atoms with Crippen LogP contribution in [0.1, 0.15) is 50.7 Å². The molecule has 11 heteroatoms. The number of carboxylic acid groups (broad SMARTS) is 1. The lowest BCUT2D eigenvalue weighted by molar-refractivity contribution is -0.142. The van der Waals surface area contributed by atoms with Crippen LogP contribution in [0, 0.1) is 5.92 Å². The SMILES string of the molecule is CCC(C)C(NC(=O)C(N)CCCCN)C(=O)NC(Cc1ccc(O)cc1)C(=O)NC(Cc1ccccc1)C(=O)O. The first-order valence-corrected chi connectivity index (χ1v) is 14.0. The van der Waals surface area contributed by atoms with Crippen LogP contribution in [-0.2, 0) is 32.0 Å². The van der Waals surface area contributed by atoms with Crippen molar-refractivity contribution in [1.82, 2.24) is 16.0 Å². The molecule has 0 aliphatic rings. The molecule has 2 aromatic carbocycles. The molecule has 0 saturated carbocycles. The summed E-state index contributed by atoms with van der Waals surface area (Å²) in [7, 11) is 0. The third kappa shape index (κ3) is 11.2. The number of aromatic hydroxyl groups is 1. The number of carbonyl (C=O) groups is 4. The molecule has 0 spiro atoms. The number of carboxylic acids is 1. The highest BCUT2D eigenvalue weighted by Crippen LogP contribution is 2.14. The van der Waals surface area contributed by atoms with Gasteiger partial charge in [0.1, 0.15) is 23.9 Å². The maximum absolute atomic E-state index is 13.5. The van der Waals surface area contributed by atoms with Crippen LogP contribution in [0.5, 0.6) is 5.75 Å². The minimum absolute atomic E-state index is 0.0231. The van der Waals surface area contributed by atoms with E-state index < -0.39 is 47.9 Å². The molecule has 5 atom stereocenters. The second-order valence-corrected chi connectivity index (χ2v) is 10.3. The average molecular weight is 570 g/mol. The number of phenols is 1. The monoisotopic (exact) mass is 569 g/mol. The number of nitrogens with one attached hydrogen (secondary N) is 3. The lowest BCUT2D eigenvalue weighted by Crippen LogP contribution is -2.59. The molecular weight excluding hydrogens is 526 g/mol. The van der Waals surface area contributed by atoms with E-state index in [0.29, 0.717) is 31.4 Å². The highest BCUT2D eigenvalue weighted by Gasteiger charge is 2.32. The molecule has 5 unspecified atom stereocenters. The number of carbonyl (C=O) groups excluding carboxylic acids is 3. The molecule has 41 heavy (non-hydrogen) atoms. The van der Waals surface area contributed by atoms with Gasteiger partial charge < -0.3 is 37.6 Å². The Balaban J connectivity index is 2.25. The maximum atomic E-state index is 13.5. The number of hydrogen-bond acceptors (Lipinski definition) is 7. The summed E-state index contributed by atoms with van der Waals surface area (Å²) in [5.74, 6) is -3.22. The molecule has 3 amide bonds. The molecular formula is C30H43N5O6. The van der Waals surface area contributed by atoms with Gasteiger partial charge in [0.25, 0.3) is 0 Å². The fourth-order valence-electron chi connectivity index (χ4n) is 4.26. The van der Waals surface area contributed by atoms with E-state index in [1.54, 1.807) is 49.4 Å². The van der Waals surface area contributed by atoms with Crippen LogP contribution >= 0.6 is 0 Å². The standard InChI is InChI=1S/C30H43N5O6/c1-3-19(2)26(35-27(37)23(32)11-7-8-16-31)29(39)33-24(17-21-12-14-22(36)15-13-21)28(38)34-25(30(40)41)18-20-9-5-4-6-10-20/h4-6,9-10,12-15,19,23-26,36H,3,7-8,11,16-18,31-32H2,1-2H3,(H,33,39)(H,34,38)(H,35,37)(H,40,41). The largest absolute Gasteiger partial charge is 0.508 e. The molecule has 0 radical (unpaired) electrons. The molecule has 224 valence electrons. The molecule has 0 aromatic heterocycles. The van der Waals surface area contributed by atoms with Gasteiger partial charge >= 0.3 is 5.97 Å². The first-order chi connectivity index (χ1) is 19.5. The molecule has 2 aromatic rings. The van der Waals surface area contributed by atoms with Gasteiger partial charge in [-0.2, -0.15) is 0 Å². The Hall–Kier alpha value is -3.96. The molecule has 0 aliphatic carbocycles. The van der Waals surface area contributed by atoms with E-state index in [-0.39, 0.29) is 24.5 Å². The Bertz CT molecular complexity index is 1130. The molecule has 0 bridgehead atoms.